The van der Waals surface area contributed by atoms with Gasteiger partial charge >= 0.3 is 0 Å². The SMILES string of the molecule is c1cncc(-c2cc3cnc(N4CCOCC4)cc3[nH]2)c1. The molecule has 1 fully saturated rings. The zero-order valence-corrected chi connectivity index (χ0v) is 11.6. The van der Waals surface area contributed by atoms with Gasteiger partial charge in [-0.15, -0.1) is 0 Å². The number of aromatic amines is 1. The zero-order valence-electron chi connectivity index (χ0n) is 11.6. The molecule has 0 aromatic carbocycles. The van der Waals surface area contributed by atoms with Crippen LogP contribution in [0, 0.1) is 0 Å². The number of anilines is 1. The summed E-state index contributed by atoms with van der Waals surface area (Å²) in [6.45, 7) is 3.33. The molecule has 1 saturated heterocycles. The Morgan fingerprint density at radius 3 is 2.86 bits per heavy atom. The molecule has 4 rings (SSSR count). The third-order valence-corrected chi connectivity index (χ3v) is 3.80. The average molecular weight is 280 g/mol. The maximum absolute atomic E-state index is 5.39. The number of hydrogen-bond acceptors (Lipinski definition) is 4. The Bertz CT molecular complexity index is 747. The highest BCUT2D eigenvalue weighted by Crippen LogP contribution is 2.25. The minimum Gasteiger partial charge on any atom is -0.378 e. The fourth-order valence-corrected chi connectivity index (χ4v) is 2.66. The van der Waals surface area contributed by atoms with Crippen molar-refractivity contribution < 1.29 is 4.74 Å². The number of rotatable bonds is 2. The van der Waals surface area contributed by atoms with E-state index in [0.717, 1.165) is 54.3 Å². The van der Waals surface area contributed by atoms with Crippen molar-refractivity contribution >= 4 is 16.7 Å². The quantitative estimate of drug-likeness (QED) is 0.783. The fourth-order valence-electron chi connectivity index (χ4n) is 2.66. The Kier molecular flexibility index (Phi) is 3.05. The molecule has 0 aliphatic carbocycles. The number of pyridine rings is 2. The number of nitrogens with zero attached hydrogens (tertiary/aromatic N) is 3. The van der Waals surface area contributed by atoms with E-state index in [1.807, 2.05) is 24.5 Å². The molecule has 1 N–H and O–H groups in total. The molecule has 0 saturated carbocycles. The van der Waals surface area contributed by atoms with Gasteiger partial charge in [-0.1, -0.05) is 0 Å². The lowest BCUT2D eigenvalue weighted by molar-refractivity contribution is 0.122. The summed E-state index contributed by atoms with van der Waals surface area (Å²) >= 11 is 0. The van der Waals surface area contributed by atoms with Gasteiger partial charge in [0, 0.05) is 54.4 Å². The van der Waals surface area contributed by atoms with Gasteiger partial charge in [0.15, 0.2) is 0 Å². The molecule has 0 radical (unpaired) electrons. The first-order valence-corrected chi connectivity index (χ1v) is 7.12. The second-order valence-electron chi connectivity index (χ2n) is 5.15. The summed E-state index contributed by atoms with van der Waals surface area (Å²) in [5, 5.41) is 1.12. The average Bonchev–Trinajstić information content (AvgIpc) is 2.99. The maximum atomic E-state index is 5.39. The standard InChI is InChI=1S/C16H16N4O/c1-2-12(10-17-3-1)14-8-13-11-18-16(9-15(13)19-14)20-4-6-21-7-5-20/h1-3,8-11,19H,4-7H2. The minimum atomic E-state index is 0.769. The molecule has 1 aliphatic rings. The number of nitrogens with one attached hydrogen (secondary N) is 1. The second kappa shape index (κ2) is 5.18. The molecule has 106 valence electrons. The van der Waals surface area contributed by atoms with Crippen LogP contribution >= 0.6 is 0 Å². The van der Waals surface area contributed by atoms with Crippen LogP contribution in [0.5, 0.6) is 0 Å². The molecule has 3 aromatic rings. The normalized spacial score (nSPS) is 15.5. The van der Waals surface area contributed by atoms with Gasteiger partial charge in [-0.2, -0.15) is 0 Å². The van der Waals surface area contributed by atoms with Gasteiger partial charge in [-0.25, -0.2) is 4.98 Å². The lowest BCUT2D eigenvalue weighted by atomic mass is 10.2. The lowest BCUT2D eigenvalue weighted by Crippen LogP contribution is -2.36. The van der Waals surface area contributed by atoms with Gasteiger partial charge < -0.3 is 14.6 Å². The van der Waals surface area contributed by atoms with Gasteiger partial charge in [-0.3, -0.25) is 4.98 Å². The molecule has 5 nitrogen and oxygen atoms in total. The predicted octanol–water partition coefficient (Wildman–Crippen LogP) is 2.46. The molecule has 0 bridgehead atoms. The number of ether oxygens (including phenoxy) is 1. The number of morpholine rings is 1. The molecular weight excluding hydrogens is 264 g/mol. The topological polar surface area (TPSA) is 54.0 Å². The number of fused-ring (bicyclic) bond motifs is 1. The Morgan fingerprint density at radius 1 is 1.14 bits per heavy atom. The van der Waals surface area contributed by atoms with E-state index in [1.165, 1.54) is 0 Å². The van der Waals surface area contributed by atoms with Crippen molar-refractivity contribution in [2.75, 3.05) is 31.2 Å². The van der Waals surface area contributed by atoms with Gasteiger partial charge in [0.2, 0.25) is 0 Å². The summed E-state index contributed by atoms with van der Waals surface area (Å²) in [5.74, 6) is 1.00. The first kappa shape index (κ1) is 12.3. The van der Waals surface area contributed by atoms with Gasteiger partial charge in [0.1, 0.15) is 5.82 Å². The highest BCUT2D eigenvalue weighted by molar-refractivity contribution is 5.86. The Morgan fingerprint density at radius 2 is 2.05 bits per heavy atom. The summed E-state index contributed by atoms with van der Waals surface area (Å²) in [6.07, 6.45) is 5.57. The summed E-state index contributed by atoms with van der Waals surface area (Å²) in [7, 11) is 0. The molecule has 0 unspecified atom stereocenters. The van der Waals surface area contributed by atoms with E-state index in [4.69, 9.17) is 4.74 Å². The van der Waals surface area contributed by atoms with Crippen molar-refractivity contribution in [3.05, 3.63) is 42.9 Å². The number of H-pyrrole nitrogens is 1. The smallest absolute Gasteiger partial charge is 0.130 e. The lowest BCUT2D eigenvalue weighted by Gasteiger charge is -2.27. The summed E-state index contributed by atoms with van der Waals surface area (Å²) < 4.78 is 5.39. The van der Waals surface area contributed by atoms with Gasteiger partial charge in [0.05, 0.1) is 18.7 Å². The predicted molar refractivity (Wildman–Crippen MR) is 82.4 cm³/mol. The van der Waals surface area contributed by atoms with Crippen LogP contribution in [0.4, 0.5) is 5.82 Å². The first-order valence-electron chi connectivity index (χ1n) is 7.12. The molecule has 1 aliphatic heterocycles. The van der Waals surface area contributed by atoms with Crippen LogP contribution in [-0.2, 0) is 4.74 Å². The van der Waals surface area contributed by atoms with E-state index in [-0.39, 0.29) is 0 Å². The van der Waals surface area contributed by atoms with E-state index in [0.29, 0.717) is 0 Å². The first-order chi connectivity index (χ1) is 10.4. The molecule has 0 amide bonds. The molecular formula is C16H16N4O. The van der Waals surface area contributed by atoms with Crippen LogP contribution in [0.25, 0.3) is 22.2 Å². The highest BCUT2D eigenvalue weighted by atomic mass is 16.5. The molecule has 5 heteroatoms. The van der Waals surface area contributed by atoms with E-state index in [9.17, 15) is 0 Å². The third kappa shape index (κ3) is 2.36. The van der Waals surface area contributed by atoms with E-state index in [1.54, 1.807) is 6.20 Å². The number of hydrogen-bond donors (Lipinski definition) is 1. The maximum Gasteiger partial charge on any atom is 0.130 e. The van der Waals surface area contributed by atoms with Crippen LogP contribution in [0.3, 0.4) is 0 Å². The molecule has 4 heterocycles. The van der Waals surface area contributed by atoms with Crippen LogP contribution in [0.15, 0.2) is 42.9 Å². The molecule has 3 aromatic heterocycles. The largest absolute Gasteiger partial charge is 0.378 e. The monoisotopic (exact) mass is 280 g/mol. The summed E-state index contributed by atoms with van der Waals surface area (Å²) in [6, 6.07) is 8.22. The van der Waals surface area contributed by atoms with Crippen molar-refractivity contribution in [3.63, 3.8) is 0 Å². The van der Waals surface area contributed by atoms with Crippen molar-refractivity contribution in [1.82, 2.24) is 15.0 Å². The van der Waals surface area contributed by atoms with Crippen LogP contribution in [-0.4, -0.2) is 41.3 Å². The zero-order chi connectivity index (χ0) is 14.1. The van der Waals surface area contributed by atoms with Crippen LogP contribution < -0.4 is 4.90 Å². The second-order valence-corrected chi connectivity index (χ2v) is 5.15. The summed E-state index contributed by atoms with van der Waals surface area (Å²) in [5.41, 5.74) is 3.26. The van der Waals surface area contributed by atoms with Crippen molar-refractivity contribution in [2.45, 2.75) is 0 Å². The molecule has 0 atom stereocenters. The van der Waals surface area contributed by atoms with E-state index < -0.39 is 0 Å². The Hall–Kier alpha value is -2.40. The van der Waals surface area contributed by atoms with Crippen LogP contribution in [0.2, 0.25) is 0 Å². The highest BCUT2D eigenvalue weighted by Gasteiger charge is 2.13. The van der Waals surface area contributed by atoms with Crippen molar-refractivity contribution in [2.24, 2.45) is 0 Å². The molecule has 0 spiro atoms. The minimum absolute atomic E-state index is 0.769. The van der Waals surface area contributed by atoms with E-state index >= 15 is 0 Å². The van der Waals surface area contributed by atoms with Gasteiger partial charge in [0.25, 0.3) is 0 Å². The molecule has 21 heavy (non-hydrogen) atoms. The fraction of sp³-hybridized carbons (Fsp3) is 0.250. The van der Waals surface area contributed by atoms with Crippen molar-refractivity contribution in [1.29, 1.82) is 0 Å². The van der Waals surface area contributed by atoms with Crippen LogP contribution in [0.1, 0.15) is 0 Å². The van der Waals surface area contributed by atoms with Crippen molar-refractivity contribution in [3.8, 4) is 11.3 Å². The third-order valence-electron chi connectivity index (χ3n) is 3.80. The van der Waals surface area contributed by atoms with E-state index in [2.05, 4.69) is 32.0 Å². The Labute approximate surface area is 122 Å². The Balaban J connectivity index is 1.71. The summed E-state index contributed by atoms with van der Waals surface area (Å²) in [4.78, 5) is 14.4. The van der Waals surface area contributed by atoms with Gasteiger partial charge in [-0.05, 0) is 18.2 Å². The number of aromatic nitrogens is 3.